The average molecular weight is 673 g/mol. The number of ether oxygens (including phenoxy) is 3. The number of carbonyl (C=O) groups excluding carboxylic acids is 3. The number of anilines is 3. The Kier molecular flexibility index (Phi) is 9.57. The summed E-state index contributed by atoms with van der Waals surface area (Å²) in [4.78, 5) is 49.9. The molecule has 0 saturated carbocycles. The van der Waals surface area contributed by atoms with Crippen molar-refractivity contribution in [1.29, 1.82) is 0 Å². The third kappa shape index (κ3) is 8.25. The van der Waals surface area contributed by atoms with Crippen LogP contribution < -0.4 is 25.6 Å². The van der Waals surface area contributed by atoms with Gasteiger partial charge in [-0.1, -0.05) is 17.4 Å². The molecule has 0 aliphatic carbocycles. The summed E-state index contributed by atoms with van der Waals surface area (Å²) in [7, 11) is 0. The highest BCUT2D eigenvalue weighted by Crippen LogP contribution is 2.41. The van der Waals surface area contributed by atoms with Crippen LogP contribution in [0.4, 0.5) is 34.7 Å². The van der Waals surface area contributed by atoms with E-state index in [0.717, 1.165) is 41.9 Å². The highest BCUT2D eigenvalue weighted by Gasteiger charge is 2.32. The van der Waals surface area contributed by atoms with Gasteiger partial charge in [-0.2, -0.15) is 0 Å². The van der Waals surface area contributed by atoms with Gasteiger partial charge >= 0.3 is 12.2 Å². The van der Waals surface area contributed by atoms with Crippen LogP contribution in [0.1, 0.15) is 70.4 Å². The van der Waals surface area contributed by atoms with Gasteiger partial charge in [0.1, 0.15) is 32.8 Å². The number of aromatic nitrogens is 2. The van der Waals surface area contributed by atoms with Crippen molar-refractivity contribution in [2.75, 3.05) is 35.2 Å². The van der Waals surface area contributed by atoms with E-state index < -0.39 is 46.5 Å². The van der Waals surface area contributed by atoms with Crippen molar-refractivity contribution in [2.24, 2.45) is 0 Å². The van der Waals surface area contributed by atoms with Crippen molar-refractivity contribution in [2.45, 2.75) is 78.0 Å². The number of pyridine rings is 1. The van der Waals surface area contributed by atoms with Gasteiger partial charge in [0, 0.05) is 31.1 Å². The van der Waals surface area contributed by atoms with Crippen LogP contribution in [0.3, 0.4) is 0 Å². The van der Waals surface area contributed by atoms with Crippen LogP contribution in [0, 0.1) is 11.6 Å². The number of alkyl carbamates (subject to hydrolysis) is 1. The lowest BCUT2D eigenvalue weighted by Gasteiger charge is -2.36. The molecule has 2 aromatic heterocycles. The highest BCUT2D eigenvalue weighted by atomic mass is 32.1. The van der Waals surface area contributed by atoms with E-state index in [0.29, 0.717) is 43.4 Å². The first kappa shape index (κ1) is 33.8. The maximum atomic E-state index is 14.7. The highest BCUT2D eigenvalue weighted by molar-refractivity contribution is 7.19. The standard InChI is InChI=1S/C32H38F2N6O6S/c1-31(2,3)45-29(42)36-17-9-8-13-40(16-17)24-18-12-14-44-26(18)35-15-21(24)37-25(41)23-28(39-30(43)46-32(4,5)6)47-27(38-23)22-19(33)10-7-11-20(22)34/h7,10-11,15,17H,8-9,12-14,16H2,1-6H3,(H,36,42)(H,37,41)(H,39,43). The molecule has 3 aromatic rings. The molecule has 4 heterocycles. The predicted octanol–water partition coefficient (Wildman–Crippen LogP) is 6.51. The first-order valence-corrected chi connectivity index (χ1v) is 16.1. The Labute approximate surface area is 275 Å². The van der Waals surface area contributed by atoms with Crippen molar-refractivity contribution in [3.63, 3.8) is 0 Å². The summed E-state index contributed by atoms with van der Waals surface area (Å²) in [6.45, 7) is 11.9. The molecule has 0 radical (unpaired) electrons. The van der Waals surface area contributed by atoms with Crippen molar-refractivity contribution in [1.82, 2.24) is 15.3 Å². The van der Waals surface area contributed by atoms with E-state index in [9.17, 15) is 23.2 Å². The summed E-state index contributed by atoms with van der Waals surface area (Å²) >= 11 is 0.734. The van der Waals surface area contributed by atoms with Gasteiger partial charge in [0.05, 0.1) is 29.7 Å². The van der Waals surface area contributed by atoms with Crippen LogP contribution in [0.25, 0.3) is 10.6 Å². The van der Waals surface area contributed by atoms with Crippen molar-refractivity contribution < 1.29 is 37.4 Å². The molecular weight excluding hydrogens is 634 g/mol. The number of benzene rings is 1. The summed E-state index contributed by atoms with van der Waals surface area (Å²) in [5.41, 5.74) is -0.401. The molecule has 1 fully saturated rings. The quantitative estimate of drug-likeness (QED) is 0.267. The number of nitrogens with one attached hydrogen (secondary N) is 3. The molecule has 5 rings (SSSR count). The second kappa shape index (κ2) is 13.3. The Morgan fingerprint density at radius 3 is 2.38 bits per heavy atom. The van der Waals surface area contributed by atoms with E-state index in [1.54, 1.807) is 41.5 Å². The first-order valence-electron chi connectivity index (χ1n) is 15.2. The number of amides is 3. The van der Waals surface area contributed by atoms with Gasteiger partial charge in [0.15, 0.2) is 5.69 Å². The second-order valence-electron chi connectivity index (χ2n) is 13.2. The fourth-order valence-electron chi connectivity index (χ4n) is 5.30. The first-order chi connectivity index (χ1) is 22.1. The van der Waals surface area contributed by atoms with Crippen LogP contribution in [0.15, 0.2) is 24.4 Å². The monoisotopic (exact) mass is 672 g/mol. The SMILES string of the molecule is CC(C)(C)OC(=O)Nc1sc(-c2c(F)cccc2F)nc1C(=O)Nc1cnc2c(c1N1CCCC(NC(=O)OC(C)(C)C)C1)CCO2. The van der Waals surface area contributed by atoms with E-state index >= 15 is 0 Å². The topological polar surface area (TPSA) is 144 Å². The molecule has 0 spiro atoms. The summed E-state index contributed by atoms with van der Waals surface area (Å²) in [6.07, 6.45) is 2.10. The van der Waals surface area contributed by atoms with Gasteiger partial charge in [-0.25, -0.2) is 28.3 Å². The Hall–Kier alpha value is -4.53. The van der Waals surface area contributed by atoms with Gasteiger partial charge in [0.25, 0.3) is 5.91 Å². The smallest absolute Gasteiger partial charge is 0.412 e. The molecule has 2 aliphatic heterocycles. The molecule has 3 N–H and O–H groups in total. The fraction of sp³-hybridized carbons (Fsp3) is 0.469. The summed E-state index contributed by atoms with van der Waals surface area (Å²) in [5, 5.41) is 8.09. The second-order valence-corrected chi connectivity index (χ2v) is 14.2. The van der Waals surface area contributed by atoms with Crippen molar-refractivity contribution in [3.05, 3.63) is 47.3 Å². The van der Waals surface area contributed by atoms with Crippen LogP contribution in [-0.4, -0.2) is 65.0 Å². The van der Waals surface area contributed by atoms with Crippen LogP contribution in [0.5, 0.6) is 5.88 Å². The Balaban J connectivity index is 1.46. The predicted molar refractivity (Wildman–Crippen MR) is 173 cm³/mol. The van der Waals surface area contributed by atoms with E-state index in [-0.39, 0.29) is 21.7 Å². The molecule has 2 aliphatic rings. The lowest BCUT2D eigenvalue weighted by molar-refractivity contribution is 0.0499. The van der Waals surface area contributed by atoms with Gasteiger partial charge in [-0.15, -0.1) is 0 Å². The van der Waals surface area contributed by atoms with E-state index in [2.05, 4.69) is 30.8 Å². The minimum Gasteiger partial charge on any atom is -0.477 e. The lowest BCUT2D eigenvalue weighted by atomic mass is 10.0. The third-order valence-electron chi connectivity index (χ3n) is 7.04. The molecule has 47 heavy (non-hydrogen) atoms. The largest absolute Gasteiger partial charge is 0.477 e. The summed E-state index contributed by atoms with van der Waals surface area (Å²) in [5.74, 6) is -2.06. The minimum atomic E-state index is -0.876. The Morgan fingerprint density at radius 2 is 1.70 bits per heavy atom. The normalized spacial score (nSPS) is 16.2. The molecule has 252 valence electrons. The fourth-order valence-corrected chi connectivity index (χ4v) is 6.29. The zero-order chi connectivity index (χ0) is 34.1. The molecule has 1 atom stereocenters. The molecule has 1 unspecified atom stereocenters. The molecule has 1 aromatic carbocycles. The van der Waals surface area contributed by atoms with Crippen LogP contribution in [0.2, 0.25) is 0 Å². The number of fused-ring (bicyclic) bond motifs is 1. The molecule has 3 amide bonds. The average Bonchev–Trinajstić information content (AvgIpc) is 3.58. The minimum absolute atomic E-state index is 0.0620. The number of carbonyl (C=O) groups is 3. The van der Waals surface area contributed by atoms with Crippen LogP contribution in [-0.2, 0) is 15.9 Å². The van der Waals surface area contributed by atoms with Gasteiger partial charge in [-0.05, 0) is 66.5 Å². The number of nitrogens with zero attached hydrogens (tertiary/aromatic N) is 3. The van der Waals surface area contributed by atoms with Crippen molar-refractivity contribution >= 4 is 45.8 Å². The molecular formula is C32H38F2N6O6S. The van der Waals surface area contributed by atoms with E-state index in [4.69, 9.17) is 14.2 Å². The Bertz CT molecular complexity index is 1670. The zero-order valence-electron chi connectivity index (χ0n) is 27.1. The number of thiazole rings is 1. The number of rotatable bonds is 6. The number of halogens is 2. The number of hydrogen-bond acceptors (Lipinski definition) is 10. The summed E-state index contributed by atoms with van der Waals surface area (Å²) < 4.78 is 46.0. The molecule has 1 saturated heterocycles. The molecule has 0 bridgehead atoms. The van der Waals surface area contributed by atoms with Gasteiger partial charge < -0.3 is 29.7 Å². The van der Waals surface area contributed by atoms with E-state index in [1.165, 1.54) is 12.3 Å². The Morgan fingerprint density at radius 1 is 1.02 bits per heavy atom. The zero-order valence-corrected chi connectivity index (χ0v) is 27.9. The maximum Gasteiger partial charge on any atom is 0.412 e. The van der Waals surface area contributed by atoms with Gasteiger partial charge in [0.2, 0.25) is 5.88 Å². The number of hydrogen-bond donors (Lipinski definition) is 3. The van der Waals surface area contributed by atoms with Gasteiger partial charge in [-0.3, -0.25) is 10.1 Å². The molecule has 12 nitrogen and oxygen atoms in total. The van der Waals surface area contributed by atoms with Crippen molar-refractivity contribution in [3.8, 4) is 16.5 Å². The number of piperidine rings is 1. The lowest BCUT2D eigenvalue weighted by Crippen LogP contribution is -2.49. The maximum absolute atomic E-state index is 14.7. The molecule has 15 heteroatoms. The summed E-state index contributed by atoms with van der Waals surface area (Å²) in [6, 6.07) is 3.15. The third-order valence-corrected chi connectivity index (χ3v) is 8.03. The van der Waals surface area contributed by atoms with E-state index in [1.807, 2.05) is 0 Å². The van der Waals surface area contributed by atoms with Crippen LogP contribution >= 0.6 is 11.3 Å².